The van der Waals surface area contributed by atoms with Crippen LogP contribution in [0.2, 0.25) is 0 Å². The third-order valence-electron chi connectivity index (χ3n) is 8.43. The molecule has 4 heterocycles. The molecule has 0 atom stereocenters. The van der Waals surface area contributed by atoms with Crippen molar-refractivity contribution in [1.29, 1.82) is 0 Å². The maximum Gasteiger partial charge on any atom is 0.164 e. The molecule has 5 aromatic carbocycles. The summed E-state index contributed by atoms with van der Waals surface area (Å²) in [4.78, 5) is 24.4. The van der Waals surface area contributed by atoms with E-state index in [9.17, 15) is 0 Å². The largest absolute Gasteiger partial charge is 0.456 e. The summed E-state index contributed by atoms with van der Waals surface area (Å²) in [5.74, 6) is 1.88. The molecule has 0 saturated carbocycles. The summed E-state index contributed by atoms with van der Waals surface area (Å²) in [6.45, 7) is 0. The molecule has 0 saturated heterocycles. The highest BCUT2D eigenvalue weighted by Gasteiger charge is 2.17. The number of furan rings is 1. The lowest BCUT2D eigenvalue weighted by Crippen LogP contribution is -2.00. The van der Waals surface area contributed by atoms with Gasteiger partial charge in [0.2, 0.25) is 0 Å². The molecule has 4 aromatic heterocycles. The average molecular weight is 604 g/mol. The summed E-state index contributed by atoms with van der Waals surface area (Å²) in [7, 11) is 0. The topological polar surface area (TPSA) is 77.6 Å². The van der Waals surface area contributed by atoms with Gasteiger partial charge < -0.3 is 4.42 Å². The molecule has 220 valence electrons. The Kier molecular flexibility index (Phi) is 6.35. The van der Waals surface area contributed by atoms with Gasteiger partial charge in [0.1, 0.15) is 16.9 Å². The predicted octanol–water partition coefficient (Wildman–Crippen LogP) is 10.0. The van der Waals surface area contributed by atoms with Crippen molar-refractivity contribution in [1.82, 2.24) is 24.9 Å². The van der Waals surface area contributed by atoms with Crippen molar-refractivity contribution in [2.75, 3.05) is 0 Å². The zero-order valence-electron chi connectivity index (χ0n) is 25.1. The van der Waals surface area contributed by atoms with E-state index in [2.05, 4.69) is 36.4 Å². The second kappa shape index (κ2) is 11.1. The van der Waals surface area contributed by atoms with Crippen molar-refractivity contribution >= 4 is 32.7 Å². The van der Waals surface area contributed by atoms with Gasteiger partial charge in [-0.2, -0.15) is 0 Å². The van der Waals surface area contributed by atoms with Gasteiger partial charge in [-0.15, -0.1) is 0 Å². The summed E-state index contributed by atoms with van der Waals surface area (Å²) in [6.07, 6.45) is 3.63. The lowest BCUT2D eigenvalue weighted by molar-refractivity contribution is 0.668. The van der Waals surface area contributed by atoms with Crippen LogP contribution in [-0.4, -0.2) is 24.9 Å². The van der Waals surface area contributed by atoms with Gasteiger partial charge in [0.05, 0.1) is 11.1 Å². The van der Waals surface area contributed by atoms with Crippen molar-refractivity contribution in [3.8, 4) is 56.7 Å². The Morgan fingerprint density at radius 2 is 0.979 bits per heavy atom. The Bertz CT molecular complexity index is 2520. The number of para-hydroxylation sites is 1. The number of hydrogen-bond donors (Lipinski definition) is 0. The van der Waals surface area contributed by atoms with E-state index in [4.69, 9.17) is 29.3 Å². The Morgan fingerprint density at radius 1 is 0.383 bits per heavy atom. The van der Waals surface area contributed by atoms with E-state index >= 15 is 0 Å². The summed E-state index contributed by atoms with van der Waals surface area (Å²) >= 11 is 0. The van der Waals surface area contributed by atoms with Crippen molar-refractivity contribution < 1.29 is 4.42 Å². The molecule has 9 aromatic rings. The van der Waals surface area contributed by atoms with Crippen molar-refractivity contribution in [3.05, 3.63) is 152 Å². The molecule has 0 unspecified atom stereocenters. The monoisotopic (exact) mass is 603 g/mol. The van der Waals surface area contributed by atoms with Crippen LogP contribution in [0.4, 0.5) is 0 Å². The highest BCUT2D eigenvalue weighted by molar-refractivity contribution is 6.13. The SMILES string of the molecule is c1ccc(-c2nc(-c3ccccc3)nc(-c3cccc(-c4ccc5ccnc(-c6nccc7oc8ccccc8c67)c5c4)c3)n2)cc1. The summed E-state index contributed by atoms with van der Waals surface area (Å²) < 4.78 is 6.16. The van der Waals surface area contributed by atoms with Gasteiger partial charge in [-0.05, 0) is 46.8 Å². The predicted molar refractivity (Wildman–Crippen MR) is 187 cm³/mol. The fourth-order valence-electron chi connectivity index (χ4n) is 6.16. The van der Waals surface area contributed by atoms with Gasteiger partial charge in [-0.1, -0.05) is 109 Å². The molecule has 0 aliphatic heterocycles. The molecule has 0 fully saturated rings. The first-order valence-electron chi connectivity index (χ1n) is 15.4. The van der Waals surface area contributed by atoms with Crippen LogP contribution in [-0.2, 0) is 0 Å². The maximum absolute atomic E-state index is 6.16. The van der Waals surface area contributed by atoms with E-state index in [-0.39, 0.29) is 0 Å². The van der Waals surface area contributed by atoms with Gasteiger partial charge in [0.25, 0.3) is 0 Å². The van der Waals surface area contributed by atoms with Crippen LogP contribution in [0.25, 0.3) is 89.4 Å². The Balaban J connectivity index is 1.18. The van der Waals surface area contributed by atoms with Crippen LogP contribution in [0.15, 0.2) is 156 Å². The quantitative estimate of drug-likeness (QED) is 0.195. The number of pyridine rings is 2. The van der Waals surface area contributed by atoms with Crippen molar-refractivity contribution in [2.24, 2.45) is 0 Å². The second-order valence-corrected chi connectivity index (χ2v) is 11.3. The number of fused-ring (bicyclic) bond motifs is 4. The van der Waals surface area contributed by atoms with E-state index in [0.717, 1.165) is 71.9 Å². The molecular formula is C41H25N5O. The fraction of sp³-hybridized carbons (Fsp3) is 0. The highest BCUT2D eigenvalue weighted by atomic mass is 16.3. The minimum atomic E-state index is 0.616. The van der Waals surface area contributed by atoms with Crippen LogP contribution < -0.4 is 0 Å². The van der Waals surface area contributed by atoms with Crippen molar-refractivity contribution in [3.63, 3.8) is 0 Å². The maximum atomic E-state index is 6.16. The first kappa shape index (κ1) is 26.8. The third-order valence-corrected chi connectivity index (χ3v) is 8.43. The first-order chi connectivity index (χ1) is 23.3. The molecule has 0 aliphatic carbocycles. The second-order valence-electron chi connectivity index (χ2n) is 11.3. The summed E-state index contributed by atoms with van der Waals surface area (Å²) in [5, 5.41) is 4.08. The van der Waals surface area contributed by atoms with Crippen LogP contribution in [0.3, 0.4) is 0 Å². The highest BCUT2D eigenvalue weighted by Crippen LogP contribution is 2.38. The third kappa shape index (κ3) is 4.80. The van der Waals surface area contributed by atoms with E-state index in [1.165, 1.54) is 0 Å². The first-order valence-corrected chi connectivity index (χ1v) is 15.4. The number of rotatable bonds is 5. The minimum Gasteiger partial charge on any atom is -0.456 e. The molecule has 9 rings (SSSR count). The summed E-state index contributed by atoms with van der Waals surface area (Å²) in [6, 6.07) is 46.9. The van der Waals surface area contributed by atoms with E-state index in [0.29, 0.717) is 17.5 Å². The van der Waals surface area contributed by atoms with Crippen LogP contribution in [0.1, 0.15) is 0 Å². The molecule has 47 heavy (non-hydrogen) atoms. The normalized spacial score (nSPS) is 11.4. The zero-order chi connectivity index (χ0) is 31.2. The van der Waals surface area contributed by atoms with Crippen LogP contribution in [0.5, 0.6) is 0 Å². The fourth-order valence-corrected chi connectivity index (χ4v) is 6.16. The molecule has 0 radical (unpaired) electrons. The van der Waals surface area contributed by atoms with Gasteiger partial charge >= 0.3 is 0 Å². The number of hydrogen-bond acceptors (Lipinski definition) is 6. The Morgan fingerprint density at radius 3 is 1.74 bits per heavy atom. The molecular weight excluding hydrogens is 578 g/mol. The summed E-state index contributed by atoms with van der Waals surface area (Å²) in [5.41, 5.74) is 8.12. The zero-order valence-corrected chi connectivity index (χ0v) is 25.1. The lowest BCUT2D eigenvalue weighted by atomic mass is 9.97. The van der Waals surface area contributed by atoms with Crippen LogP contribution >= 0.6 is 0 Å². The average Bonchev–Trinajstić information content (AvgIpc) is 3.54. The van der Waals surface area contributed by atoms with E-state index in [1.54, 1.807) is 6.20 Å². The van der Waals surface area contributed by atoms with E-state index in [1.807, 2.05) is 109 Å². The van der Waals surface area contributed by atoms with Crippen molar-refractivity contribution in [2.45, 2.75) is 0 Å². The van der Waals surface area contributed by atoms with Gasteiger partial charge in [-0.3, -0.25) is 9.97 Å². The lowest BCUT2D eigenvalue weighted by Gasteiger charge is -2.11. The Labute approximate surface area is 270 Å². The molecule has 0 spiro atoms. The number of benzene rings is 5. The molecule has 0 aliphatic rings. The van der Waals surface area contributed by atoms with E-state index < -0.39 is 0 Å². The molecule has 6 heteroatoms. The smallest absolute Gasteiger partial charge is 0.164 e. The molecule has 0 N–H and O–H groups in total. The Hall–Kier alpha value is -6.53. The molecule has 6 nitrogen and oxygen atoms in total. The standard InChI is InChI=1S/C41H25N5O/c1-3-10-27(11-4-1)39-44-40(28-12-5-2-6-13-28)46-41(45-39)31-15-9-14-29(24-31)30-19-18-26-20-22-42-37(33(26)25-30)38-36-32-16-7-8-17-34(32)47-35(36)21-23-43-38/h1-25H. The number of nitrogens with zero attached hydrogens (tertiary/aromatic N) is 5. The molecule has 0 amide bonds. The van der Waals surface area contributed by atoms with Gasteiger partial charge in [-0.25, -0.2) is 15.0 Å². The van der Waals surface area contributed by atoms with Crippen LogP contribution in [0, 0.1) is 0 Å². The van der Waals surface area contributed by atoms with Gasteiger partial charge in [0.15, 0.2) is 17.5 Å². The number of aromatic nitrogens is 5. The minimum absolute atomic E-state index is 0.616. The van der Waals surface area contributed by atoms with Gasteiger partial charge in [0, 0.05) is 39.9 Å². The molecule has 0 bridgehead atoms.